The maximum absolute atomic E-state index is 8.50. The quantitative estimate of drug-likeness (QED) is 0.0458. The first-order chi connectivity index (χ1) is 15.3. The van der Waals surface area contributed by atoms with Crippen LogP contribution in [0, 0.1) is 0 Å². The molecule has 0 saturated heterocycles. The van der Waals surface area contributed by atoms with Gasteiger partial charge in [0, 0.05) is 0 Å². The third kappa shape index (κ3) is 1160. The molecule has 0 aromatic heterocycles. The van der Waals surface area contributed by atoms with Crippen LogP contribution in [0.1, 0.15) is 13.1 Å². The number of carbonyl (C=O) groups excluding carboxylic acids is 4. The van der Waals surface area contributed by atoms with E-state index < -0.39 is 33.9 Å². The van der Waals surface area contributed by atoms with Gasteiger partial charge in [0.2, 0.25) is 0 Å². The molecule has 239 valence electrons. The Morgan fingerprint density at radius 1 is 0.658 bits per heavy atom. The summed E-state index contributed by atoms with van der Waals surface area (Å²) < 4.78 is 33.8. The molecule has 38 heavy (non-hydrogen) atoms. The van der Waals surface area contributed by atoms with Gasteiger partial charge in [0.05, 0.1) is 0 Å². The van der Waals surface area contributed by atoms with E-state index in [1.54, 1.807) is 0 Å². The molecule has 0 rings (SSSR count). The van der Waals surface area contributed by atoms with E-state index in [1.807, 2.05) is 0 Å². The zero-order chi connectivity index (χ0) is 27.3. The van der Waals surface area contributed by atoms with Crippen LogP contribution in [-0.2, 0) is 107 Å². The SMILES string of the molecule is C.O.O.O.O.O.O=C=O.O=C=O.O=CO.O=CO.OOCCOO.OOOCCOOO.[H+].[H+].[H+].[H+].[O]=[Mn]=[O].[O]=[Ti]=[O]. The predicted octanol–water partition coefficient (Wildman–Crippen LogP) is -5.49. The van der Waals surface area contributed by atoms with Crippen molar-refractivity contribution in [3.05, 3.63) is 0 Å². The Labute approximate surface area is 230 Å². The summed E-state index contributed by atoms with van der Waals surface area (Å²) in [6.07, 6.45) is 0.500. The van der Waals surface area contributed by atoms with Crippen molar-refractivity contribution in [3.63, 3.8) is 0 Å². The van der Waals surface area contributed by atoms with Gasteiger partial charge in [-0.15, -0.1) is 0 Å². The van der Waals surface area contributed by atoms with E-state index in [-0.39, 0.29) is 92.2 Å². The zero-order valence-electron chi connectivity index (χ0n) is 21.6. The van der Waals surface area contributed by atoms with Crippen LogP contribution in [0.25, 0.3) is 0 Å². The van der Waals surface area contributed by atoms with E-state index in [9.17, 15) is 0 Å². The van der Waals surface area contributed by atoms with Crippen molar-refractivity contribution in [2.75, 3.05) is 26.4 Å². The number of hydrogen-bond acceptors (Lipinski definition) is 20. The number of hydrogen-bond donors (Lipinski definition) is 6. The fourth-order valence-electron chi connectivity index (χ4n) is 0.217. The van der Waals surface area contributed by atoms with Crippen LogP contribution in [0.15, 0.2) is 0 Å². The Hall–Kier alpha value is -2.47. The molecule has 0 bridgehead atoms. The van der Waals surface area contributed by atoms with Crippen molar-refractivity contribution >= 4 is 25.2 Å². The van der Waals surface area contributed by atoms with E-state index >= 15 is 0 Å². The molecule has 0 aliphatic carbocycles. The van der Waals surface area contributed by atoms with Crippen LogP contribution < -0.4 is 0 Å². The van der Waals surface area contributed by atoms with Gasteiger partial charge in [-0.05, 0) is 0 Å². The van der Waals surface area contributed by atoms with Crippen LogP contribution in [-0.4, -0.2) is 110 Å². The summed E-state index contributed by atoms with van der Waals surface area (Å²) in [6.45, 7) is -0.568. The van der Waals surface area contributed by atoms with Crippen LogP contribution in [0.3, 0.4) is 0 Å². The van der Waals surface area contributed by atoms with Gasteiger partial charge in [-0.3, -0.25) is 20.1 Å². The van der Waals surface area contributed by atoms with Crippen molar-refractivity contribution in [2.24, 2.45) is 0 Å². The fraction of sp³-hybridized carbons (Fsp3) is 0.556. The van der Waals surface area contributed by atoms with Gasteiger partial charge in [0.25, 0.3) is 12.9 Å². The molecule has 0 aliphatic heterocycles. The summed E-state index contributed by atoms with van der Waals surface area (Å²) in [5.74, 6) is 0. The first kappa shape index (κ1) is 91.4. The minimum absolute atomic E-state index is 0. The Bertz CT molecular complexity index is 379. The van der Waals surface area contributed by atoms with Gasteiger partial charge < -0.3 is 37.6 Å². The van der Waals surface area contributed by atoms with Crippen LogP contribution >= 0.6 is 0 Å². The van der Waals surface area contributed by atoms with Crippen molar-refractivity contribution in [1.29, 1.82) is 0 Å². The molecule has 0 amide bonds. The van der Waals surface area contributed by atoms with Gasteiger partial charge in [-0.2, -0.15) is 19.2 Å². The van der Waals surface area contributed by atoms with Gasteiger partial charge >= 0.3 is 66.2 Å². The standard InChI is InChI=1S/C2H6O6.C2H6O4.2CH2O2.2CO2.CH4.Mn.5H2O.4O.Ti/c3-7-5-1-2-6-8-4;3-5-1-2-6-4;4*2-1-3;;;;;;;;;;;;/h3-4H,1-2H2;3-4H,1-2H2;2*1H,(H,2,3);;;1H4;;5*1H2;;;;;/p+4. The predicted molar refractivity (Wildman–Crippen MR) is 95.9 cm³/mol. The van der Waals surface area contributed by atoms with Crippen molar-refractivity contribution in [2.45, 2.75) is 7.43 Å². The molecular weight excluding hydrogens is 643 g/mol. The molecule has 16 N–H and O–H groups in total. The summed E-state index contributed by atoms with van der Waals surface area (Å²) in [5.41, 5.74) is 0. The summed E-state index contributed by atoms with van der Waals surface area (Å²) in [7, 11) is 0. The summed E-state index contributed by atoms with van der Waals surface area (Å²) >= 11 is -3.44. The van der Waals surface area contributed by atoms with E-state index in [0.29, 0.717) is 0 Å². The first-order valence-electron chi connectivity index (χ1n) is 5.74. The molecule has 0 atom stereocenters. The topological polar surface area (TPSA) is 505 Å². The molecule has 0 aliphatic rings. The molecule has 27 nitrogen and oxygen atoms in total. The molecule has 0 fully saturated rings. The molecule has 0 radical (unpaired) electrons. The monoisotopic (exact) mass is 677 g/mol. The summed E-state index contributed by atoms with van der Waals surface area (Å²) in [5, 5.41) is 50.1. The average molecular weight is 677 g/mol. The Kier molecular flexibility index (Phi) is 510. The summed E-state index contributed by atoms with van der Waals surface area (Å²) in [6, 6.07) is 0. The van der Waals surface area contributed by atoms with E-state index in [2.05, 4.69) is 29.6 Å². The number of carboxylic acid groups (broad SMARTS) is 2. The second-order valence-corrected chi connectivity index (χ2v) is 2.44. The van der Waals surface area contributed by atoms with Crippen molar-refractivity contribution in [1.82, 2.24) is 0 Å². The van der Waals surface area contributed by atoms with Gasteiger partial charge in [0.15, 0.2) is 0 Å². The maximum atomic E-state index is 8.50. The molecule has 0 aromatic carbocycles. The van der Waals surface area contributed by atoms with Gasteiger partial charge in [-0.1, -0.05) is 17.5 Å². The van der Waals surface area contributed by atoms with Crippen molar-refractivity contribution in [3.8, 4) is 0 Å². The van der Waals surface area contributed by atoms with Crippen LogP contribution in [0.2, 0.25) is 0 Å². The second-order valence-electron chi connectivity index (χ2n) is 1.98. The molecule has 0 heterocycles. The third-order valence-electron chi connectivity index (χ3n) is 0.621. The molecule has 0 saturated carbocycles. The Balaban J connectivity index is -0.00000000979. The average Bonchev–Trinajstić information content (AvgIpc) is 2.74. The first-order valence-corrected chi connectivity index (χ1v) is 7.98. The van der Waals surface area contributed by atoms with Gasteiger partial charge in [-0.25, -0.2) is 30.1 Å². The van der Waals surface area contributed by atoms with E-state index in [0.717, 1.165) is 0 Å². The van der Waals surface area contributed by atoms with Crippen molar-refractivity contribution < 1.29 is 171 Å². The minimum atomic E-state index is -2.00. The molecule has 29 heteroatoms. The zero-order valence-corrected chi connectivity index (χ0v) is 20.3. The van der Waals surface area contributed by atoms with E-state index in [1.165, 1.54) is 0 Å². The Morgan fingerprint density at radius 3 is 0.868 bits per heavy atom. The van der Waals surface area contributed by atoms with E-state index in [4.69, 9.17) is 74.3 Å². The molecular formula is C9H34MnO27Ti+4. The fourth-order valence-corrected chi connectivity index (χ4v) is 0.217. The van der Waals surface area contributed by atoms with Gasteiger partial charge in [0.1, 0.15) is 26.4 Å². The van der Waals surface area contributed by atoms with Crippen LogP contribution in [0.4, 0.5) is 0 Å². The summed E-state index contributed by atoms with van der Waals surface area (Å²) in [4.78, 5) is 64.0. The molecule has 0 spiro atoms. The number of rotatable bonds is 8. The van der Waals surface area contributed by atoms with Crippen LogP contribution in [0.5, 0.6) is 0 Å². The second kappa shape index (κ2) is 212. The molecule has 0 aromatic rings. The normalized spacial score (nSPS) is 5.05. The molecule has 0 unspecified atom stereocenters. The third-order valence-corrected chi connectivity index (χ3v) is 0.621. The Morgan fingerprint density at radius 2 is 0.789 bits per heavy atom. The number of carbonyl (C=O) groups is 2.